The minimum atomic E-state index is -4.38. The fourth-order valence-corrected chi connectivity index (χ4v) is 2.36. The molecule has 2 nitrogen and oxygen atoms in total. The van der Waals surface area contributed by atoms with Gasteiger partial charge in [-0.2, -0.15) is 13.2 Å². The molecule has 100 valence electrons. The SMILES string of the molecule is CCCC1CN(c2ccc(N)c(C(F)(F)F)c2)C1. The number of nitrogens with zero attached hydrogens (tertiary/aromatic N) is 1. The lowest BCUT2D eigenvalue weighted by molar-refractivity contribution is -0.136. The highest BCUT2D eigenvalue weighted by Gasteiger charge is 2.34. The Balaban J connectivity index is 2.12. The Morgan fingerprint density at radius 2 is 2.00 bits per heavy atom. The summed E-state index contributed by atoms with van der Waals surface area (Å²) in [6, 6.07) is 4.15. The van der Waals surface area contributed by atoms with Crippen molar-refractivity contribution in [2.75, 3.05) is 23.7 Å². The van der Waals surface area contributed by atoms with Crippen LogP contribution in [0.3, 0.4) is 0 Å². The molecular formula is C13H17F3N2. The van der Waals surface area contributed by atoms with Gasteiger partial charge in [-0.1, -0.05) is 13.3 Å². The Morgan fingerprint density at radius 3 is 2.56 bits per heavy atom. The van der Waals surface area contributed by atoms with Crippen molar-refractivity contribution in [2.24, 2.45) is 5.92 Å². The molecule has 1 aliphatic rings. The number of anilines is 2. The average molecular weight is 258 g/mol. The van der Waals surface area contributed by atoms with Gasteiger partial charge >= 0.3 is 6.18 Å². The fourth-order valence-electron chi connectivity index (χ4n) is 2.36. The van der Waals surface area contributed by atoms with Gasteiger partial charge in [0, 0.05) is 24.5 Å². The molecule has 0 atom stereocenters. The van der Waals surface area contributed by atoms with Crippen molar-refractivity contribution >= 4 is 11.4 Å². The zero-order valence-electron chi connectivity index (χ0n) is 10.3. The third-order valence-electron chi connectivity index (χ3n) is 3.36. The summed E-state index contributed by atoms with van der Waals surface area (Å²) in [5.41, 5.74) is 5.04. The van der Waals surface area contributed by atoms with Crippen LogP contribution in [0.1, 0.15) is 25.3 Å². The van der Waals surface area contributed by atoms with Gasteiger partial charge in [-0.15, -0.1) is 0 Å². The molecule has 0 amide bonds. The number of nitrogens with two attached hydrogens (primary N) is 1. The molecule has 1 aromatic carbocycles. The second-order valence-electron chi connectivity index (χ2n) is 4.83. The quantitative estimate of drug-likeness (QED) is 0.840. The van der Waals surface area contributed by atoms with Crippen LogP contribution in [-0.4, -0.2) is 13.1 Å². The Labute approximate surface area is 105 Å². The van der Waals surface area contributed by atoms with E-state index < -0.39 is 11.7 Å². The maximum atomic E-state index is 12.7. The molecule has 1 saturated heterocycles. The van der Waals surface area contributed by atoms with E-state index in [4.69, 9.17) is 5.73 Å². The number of nitrogen functional groups attached to an aromatic ring is 1. The van der Waals surface area contributed by atoms with Crippen molar-refractivity contribution in [1.29, 1.82) is 0 Å². The van der Waals surface area contributed by atoms with Crippen LogP contribution in [0.4, 0.5) is 24.5 Å². The third kappa shape index (κ3) is 2.54. The summed E-state index contributed by atoms with van der Waals surface area (Å²) in [5.74, 6) is 0.613. The van der Waals surface area contributed by atoms with Gasteiger partial charge < -0.3 is 10.6 Å². The second kappa shape index (κ2) is 4.71. The van der Waals surface area contributed by atoms with Crippen LogP contribution in [0.5, 0.6) is 0 Å². The van der Waals surface area contributed by atoms with E-state index in [9.17, 15) is 13.2 Å². The topological polar surface area (TPSA) is 29.3 Å². The van der Waals surface area contributed by atoms with E-state index in [1.165, 1.54) is 6.07 Å². The van der Waals surface area contributed by atoms with Crippen molar-refractivity contribution in [3.8, 4) is 0 Å². The van der Waals surface area contributed by atoms with Gasteiger partial charge in [0.2, 0.25) is 0 Å². The molecule has 1 aliphatic heterocycles. The summed E-state index contributed by atoms with van der Waals surface area (Å²) in [4.78, 5) is 1.97. The van der Waals surface area contributed by atoms with E-state index in [2.05, 4.69) is 6.92 Å². The van der Waals surface area contributed by atoms with E-state index in [1.54, 1.807) is 6.07 Å². The van der Waals surface area contributed by atoms with Crippen LogP contribution in [0.25, 0.3) is 0 Å². The summed E-state index contributed by atoms with van der Waals surface area (Å²) in [6.45, 7) is 3.80. The molecule has 2 N–H and O–H groups in total. The average Bonchev–Trinajstić information content (AvgIpc) is 2.22. The lowest BCUT2D eigenvalue weighted by atomic mass is 9.94. The Bertz CT molecular complexity index is 423. The predicted octanol–water partition coefficient (Wildman–Crippen LogP) is 3.52. The van der Waals surface area contributed by atoms with Crippen molar-refractivity contribution in [1.82, 2.24) is 0 Å². The van der Waals surface area contributed by atoms with Gasteiger partial charge in [-0.25, -0.2) is 0 Å². The number of hydrogen-bond donors (Lipinski definition) is 1. The standard InChI is InChI=1S/C13H17F3N2/c1-2-3-9-7-18(8-9)10-4-5-12(17)11(6-10)13(14,15)16/h4-6,9H,2-3,7-8,17H2,1H3. The Kier molecular flexibility index (Phi) is 3.41. The van der Waals surface area contributed by atoms with Crippen molar-refractivity contribution < 1.29 is 13.2 Å². The van der Waals surface area contributed by atoms with Crippen molar-refractivity contribution in [3.05, 3.63) is 23.8 Å². The fraction of sp³-hybridized carbons (Fsp3) is 0.538. The van der Waals surface area contributed by atoms with E-state index in [0.29, 0.717) is 11.6 Å². The molecule has 0 aliphatic carbocycles. The molecule has 18 heavy (non-hydrogen) atoms. The molecule has 0 radical (unpaired) electrons. The zero-order valence-corrected chi connectivity index (χ0v) is 10.3. The number of halogens is 3. The molecule has 1 aromatic rings. The van der Waals surface area contributed by atoms with Crippen LogP contribution >= 0.6 is 0 Å². The van der Waals surface area contributed by atoms with Crippen LogP contribution in [0.15, 0.2) is 18.2 Å². The molecule has 0 spiro atoms. The van der Waals surface area contributed by atoms with Crippen LogP contribution in [-0.2, 0) is 6.18 Å². The molecule has 0 unspecified atom stereocenters. The number of alkyl halides is 3. The highest BCUT2D eigenvalue weighted by molar-refractivity contribution is 5.60. The second-order valence-corrected chi connectivity index (χ2v) is 4.83. The maximum Gasteiger partial charge on any atom is 0.418 e. The summed E-state index contributed by atoms with van der Waals surface area (Å²) >= 11 is 0. The monoisotopic (exact) mass is 258 g/mol. The lowest BCUT2D eigenvalue weighted by Gasteiger charge is -2.41. The van der Waals surface area contributed by atoms with Crippen molar-refractivity contribution in [2.45, 2.75) is 25.9 Å². The maximum absolute atomic E-state index is 12.7. The minimum absolute atomic E-state index is 0.211. The highest BCUT2D eigenvalue weighted by atomic mass is 19.4. The van der Waals surface area contributed by atoms with Crippen LogP contribution in [0, 0.1) is 5.92 Å². The van der Waals surface area contributed by atoms with Gasteiger partial charge in [0.1, 0.15) is 0 Å². The highest BCUT2D eigenvalue weighted by Crippen LogP contribution is 2.37. The molecule has 2 rings (SSSR count). The molecule has 5 heteroatoms. The van der Waals surface area contributed by atoms with Crippen molar-refractivity contribution in [3.63, 3.8) is 0 Å². The van der Waals surface area contributed by atoms with Gasteiger partial charge in [0.05, 0.1) is 5.56 Å². The van der Waals surface area contributed by atoms with Gasteiger partial charge in [0.15, 0.2) is 0 Å². The summed E-state index contributed by atoms with van der Waals surface area (Å²) < 4.78 is 38.1. The molecule has 0 bridgehead atoms. The summed E-state index contributed by atoms with van der Waals surface area (Å²) in [6.07, 6.45) is -2.13. The minimum Gasteiger partial charge on any atom is -0.398 e. The smallest absolute Gasteiger partial charge is 0.398 e. The van der Waals surface area contributed by atoms with Gasteiger partial charge in [0.25, 0.3) is 0 Å². The number of hydrogen-bond acceptors (Lipinski definition) is 2. The van der Waals surface area contributed by atoms with E-state index in [-0.39, 0.29) is 5.69 Å². The zero-order chi connectivity index (χ0) is 13.3. The summed E-state index contributed by atoms with van der Waals surface area (Å²) in [5, 5.41) is 0. The third-order valence-corrected chi connectivity index (χ3v) is 3.36. The molecule has 1 heterocycles. The molecule has 1 fully saturated rings. The predicted molar refractivity (Wildman–Crippen MR) is 66.5 cm³/mol. The first kappa shape index (κ1) is 13.1. The van der Waals surface area contributed by atoms with E-state index in [1.807, 2.05) is 4.90 Å². The normalized spacial score (nSPS) is 16.8. The molecule has 0 saturated carbocycles. The van der Waals surface area contributed by atoms with Crippen LogP contribution in [0.2, 0.25) is 0 Å². The lowest BCUT2D eigenvalue weighted by Crippen LogP contribution is -2.46. The Morgan fingerprint density at radius 1 is 1.33 bits per heavy atom. The first-order chi connectivity index (χ1) is 8.41. The Hall–Kier alpha value is -1.39. The van der Waals surface area contributed by atoms with Gasteiger partial charge in [-0.3, -0.25) is 0 Å². The van der Waals surface area contributed by atoms with Gasteiger partial charge in [-0.05, 0) is 30.5 Å². The summed E-state index contributed by atoms with van der Waals surface area (Å²) in [7, 11) is 0. The molecule has 0 aromatic heterocycles. The number of benzene rings is 1. The number of rotatable bonds is 3. The first-order valence-electron chi connectivity index (χ1n) is 6.13. The largest absolute Gasteiger partial charge is 0.418 e. The first-order valence-corrected chi connectivity index (χ1v) is 6.13. The van der Waals surface area contributed by atoms with E-state index >= 15 is 0 Å². The van der Waals surface area contributed by atoms with Crippen LogP contribution < -0.4 is 10.6 Å². The van der Waals surface area contributed by atoms with E-state index in [0.717, 1.165) is 32.0 Å². The molecular weight excluding hydrogens is 241 g/mol.